The van der Waals surface area contributed by atoms with Gasteiger partial charge >= 0.3 is 0 Å². The zero-order valence-corrected chi connectivity index (χ0v) is 6.33. The first kappa shape index (κ1) is 7.66. The lowest BCUT2D eigenvalue weighted by atomic mass is 10.1. The van der Waals surface area contributed by atoms with Crippen LogP contribution in [0, 0.1) is 0 Å². The summed E-state index contributed by atoms with van der Waals surface area (Å²) in [5.74, 6) is 0. The topological polar surface area (TPSA) is 52.0 Å². The molecule has 2 nitrogen and oxygen atoms in total. The summed E-state index contributed by atoms with van der Waals surface area (Å²) >= 11 is 0. The van der Waals surface area contributed by atoms with Crippen molar-refractivity contribution in [2.45, 2.75) is 6.42 Å². The van der Waals surface area contributed by atoms with E-state index < -0.39 is 0 Å². The third-order valence-corrected chi connectivity index (χ3v) is 1.47. The Morgan fingerprint density at radius 1 is 1.27 bits per heavy atom. The van der Waals surface area contributed by atoms with Gasteiger partial charge in [0.25, 0.3) is 0 Å². The molecule has 0 atom stereocenters. The molecule has 0 saturated carbocycles. The number of nitrogens with two attached hydrogens (primary N) is 2. The van der Waals surface area contributed by atoms with Gasteiger partial charge in [0.2, 0.25) is 0 Å². The Morgan fingerprint density at radius 3 is 2.45 bits per heavy atom. The zero-order valence-electron chi connectivity index (χ0n) is 6.33. The highest BCUT2D eigenvalue weighted by molar-refractivity contribution is 5.19. The Bertz CT molecular complexity index is 239. The minimum atomic E-state index is 0.705. The minimum absolute atomic E-state index is 0.705. The molecular formula is C9H12N2. The molecule has 1 aromatic rings. The maximum Gasteiger partial charge on any atom is 0.0282 e. The molecule has 0 aliphatic rings. The minimum Gasteiger partial charge on any atom is -0.403 e. The van der Waals surface area contributed by atoms with Gasteiger partial charge in [-0.3, -0.25) is 0 Å². The molecule has 0 aliphatic carbocycles. The van der Waals surface area contributed by atoms with Gasteiger partial charge in [0.05, 0.1) is 0 Å². The predicted octanol–water partition coefficient (Wildman–Crippen LogP) is 0.988. The van der Waals surface area contributed by atoms with Crippen molar-refractivity contribution in [2.75, 3.05) is 0 Å². The highest BCUT2D eigenvalue weighted by atomic mass is 14.6. The number of benzene rings is 1. The summed E-state index contributed by atoms with van der Waals surface area (Å²) in [6.45, 7) is 0. The first-order valence-corrected chi connectivity index (χ1v) is 3.53. The fourth-order valence-corrected chi connectivity index (χ4v) is 0.890. The number of allylic oxidation sites excluding steroid dienone is 1. The van der Waals surface area contributed by atoms with Gasteiger partial charge in [-0.1, -0.05) is 30.3 Å². The van der Waals surface area contributed by atoms with E-state index in [1.165, 1.54) is 11.8 Å². The molecule has 1 rings (SSSR count). The molecule has 11 heavy (non-hydrogen) atoms. The normalized spacial score (nSPS) is 11.5. The summed E-state index contributed by atoms with van der Waals surface area (Å²) < 4.78 is 0. The highest BCUT2D eigenvalue weighted by Crippen LogP contribution is 2.02. The Labute approximate surface area is 66.5 Å². The van der Waals surface area contributed by atoms with E-state index in [0.717, 1.165) is 6.42 Å². The van der Waals surface area contributed by atoms with E-state index in [2.05, 4.69) is 0 Å². The van der Waals surface area contributed by atoms with Crippen LogP contribution in [0.15, 0.2) is 42.2 Å². The molecule has 0 aliphatic heterocycles. The zero-order chi connectivity index (χ0) is 8.10. The third-order valence-electron chi connectivity index (χ3n) is 1.47. The van der Waals surface area contributed by atoms with E-state index in [0.29, 0.717) is 5.70 Å². The van der Waals surface area contributed by atoms with Gasteiger partial charge in [0.1, 0.15) is 0 Å². The van der Waals surface area contributed by atoms with Gasteiger partial charge in [-0.15, -0.1) is 0 Å². The van der Waals surface area contributed by atoms with Crippen molar-refractivity contribution in [1.29, 1.82) is 0 Å². The second-order valence-corrected chi connectivity index (χ2v) is 2.40. The second kappa shape index (κ2) is 3.66. The summed E-state index contributed by atoms with van der Waals surface area (Å²) in [4.78, 5) is 0. The number of hydrogen-bond donors (Lipinski definition) is 2. The van der Waals surface area contributed by atoms with Crippen molar-refractivity contribution >= 4 is 0 Å². The third kappa shape index (κ3) is 2.34. The molecule has 2 heteroatoms. The van der Waals surface area contributed by atoms with Crippen molar-refractivity contribution < 1.29 is 0 Å². The van der Waals surface area contributed by atoms with Gasteiger partial charge in [0, 0.05) is 18.3 Å². The van der Waals surface area contributed by atoms with Crippen LogP contribution < -0.4 is 11.5 Å². The van der Waals surface area contributed by atoms with Gasteiger partial charge in [-0.05, 0) is 5.56 Å². The summed E-state index contributed by atoms with van der Waals surface area (Å²) in [6.07, 6.45) is 2.17. The van der Waals surface area contributed by atoms with E-state index in [4.69, 9.17) is 11.5 Å². The molecule has 0 heterocycles. The lowest BCUT2D eigenvalue weighted by Crippen LogP contribution is -2.03. The largest absolute Gasteiger partial charge is 0.403 e. The van der Waals surface area contributed by atoms with Crippen LogP contribution in [0.25, 0.3) is 0 Å². The molecule has 4 N–H and O–H groups in total. The monoisotopic (exact) mass is 148 g/mol. The molecule has 0 amide bonds. The fourth-order valence-electron chi connectivity index (χ4n) is 0.890. The van der Waals surface area contributed by atoms with Crippen LogP contribution >= 0.6 is 0 Å². The summed E-state index contributed by atoms with van der Waals surface area (Å²) in [6, 6.07) is 10.00. The van der Waals surface area contributed by atoms with Crippen LogP contribution in [0.3, 0.4) is 0 Å². The average molecular weight is 148 g/mol. The van der Waals surface area contributed by atoms with Crippen LogP contribution in [0.1, 0.15) is 5.56 Å². The Kier molecular flexibility index (Phi) is 2.55. The maximum atomic E-state index is 5.54. The summed E-state index contributed by atoms with van der Waals surface area (Å²) in [5.41, 5.74) is 12.7. The quantitative estimate of drug-likeness (QED) is 0.657. The summed E-state index contributed by atoms with van der Waals surface area (Å²) in [5, 5.41) is 0. The first-order valence-electron chi connectivity index (χ1n) is 3.53. The van der Waals surface area contributed by atoms with Gasteiger partial charge < -0.3 is 11.5 Å². The Balaban J connectivity index is 2.65. The molecule has 0 saturated heterocycles. The molecule has 0 radical (unpaired) electrons. The molecule has 1 aromatic carbocycles. The Hall–Kier alpha value is -1.44. The molecular weight excluding hydrogens is 136 g/mol. The standard InChI is InChI=1S/C9H12N2/c10-7-9(11)6-8-4-2-1-3-5-8/h1-5,7H,6,10-11H2/b9-7+. The predicted molar refractivity (Wildman–Crippen MR) is 46.6 cm³/mol. The van der Waals surface area contributed by atoms with Gasteiger partial charge in [-0.2, -0.15) is 0 Å². The van der Waals surface area contributed by atoms with E-state index >= 15 is 0 Å². The number of hydrogen-bond acceptors (Lipinski definition) is 2. The lowest BCUT2D eigenvalue weighted by Gasteiger charge is -1.99. The molecule has 0 bridgehead atoms. The molecule has 58 valence electrons. The highest BCUT2D eigenvalue weighted by Gasteiger charge is 1.91. The van der Waals surface area contributed by atoms with E-state index in [-0.39, 0.29) is 0 Å². The van der Waals surface area contributed by atoms with Crippen molar-refractivity contribution in [3.63, 3.8) is 0 Å². The van der Waals surface area contributed by atoms with Gasteiger partial charge in [0.15, 0.2) is 0 Å². The molecule has 0 fully saturated rings. The first-order chi connectivity index (χ1) is 5.33. The van der Waals surface area contributed by atoms with Crippen molar-refractivity contribution in [3.8, 4) is 0 Å². The van der Waals surface area contributed by atoms with Gasteiger partial charge in [-0.25, -0.2) is 0 Å². The average Bonchev–Trinajstić information content (AvgIpc) is 2.06. The van der Waals surface area contributed by atoms with Crippen molar-refractivity contribution in [1.82, 2.24) is 0 Å². The maximum absolute atomic E-state index is 5.54. The van der Waals surface area contributed by atoms with Crippen LogP contribution in [0.4, 0.5) is 0 Å². The molecule has 0 unspecified atom stereocenters. The van der Waals surface area contributed by atoms with E-state index in [1.54, 1.807) is 0 Å². The smallest absolute Gasteiger partial charge is 0.0282 e. The molecule has 0 spiro atoms. The van der Waals surface area contributed by atoms with Crippen LogP contribution in [-0.4, -0.2) is 0 Å². The molecule has 0 aromatic heterocycles. The van der Waals surface area contributed by atoms with E-state index in [9.17, 15) is 0 Å². The van der Waals surface area contributed by atoms with Crippen LogP contribution in [0.5, 0.6) is 0 Å². The SMILES string of the molecule is N/C=C(/N)Cc1ccccc1. The lowest BCUT2D eigenvalue weighted by molar-refractivity contribution is 1.10. The van der Waals surface area contributed by atoms with Crippen molar-refractivity contribution in [2.24, 2.45) is 11.5 Å². The van der Waals surface area contributed by atoms with Crippen molar-refractivity contribution in [3.05, 3.63) is 47.8 Å². The van der Waals surface area contributed by atoms with Crippen LogP contribution in [0.2, 0.25) is 0 Å². The second-order valence-electron chi connectivity index (χ2n) is 2.40. The summed E-state index contributed by atoms with van der Waals surface area (Å²) in [7, 11) is 0. The van der Waals surface area contributed by atoms with Crippen LogP contribution in [-0.2, 0) is 6.42 Å². The number of rotatable bonds is 2. The van der Waals surface area contributed by atoms with E-state index in [1.807, 2.05) is 30.3 Å². The fraction of sp³-hybridized carbons (Fsp3) is 0.111. The Morgan fingerprint density at radius 2 is 1.91 bits per heavy atom.